The maximum atomic E-state index is 13.8. The highest BCUT2D eigenvalue weighted by Crippen LogP contribution is 2.35. The molecular formula is C29H35NO5S2. The van der Waals surface area contributed by atoms with E-state index < -0.39 is 10.0 Å². The molecule has 0 heterocycles. The third-order valence-corrected chi connectivity index (χ3v) is 8.99. The van der Waals surface area contributed by atoms with E-state index in [9.17, 15) is 13.2 Å². The van der Waals surface area contributed by atoms with Crippen LogP contribution in [0, 0.1) is 5.92 Å². The molecule has 8 heteroatoms. The topological polar surface area (TPSA) is 72.9 Å². The fraction of sp³-hybridized carbons (Fsp3) is 0.345. The van der Waals surface area contributed by atoms with Gasteiger partial charge in [0.25, 0.3) is 0 Å². The Hall–Kier alpha value is -2.81. The van der Waals surface area contributed by atoms with Crippen LogP contribution in [-0.4, -0.2) is 46.0 Å². The van der Waals surface area contributed by atoms with Gasteiger partial charge in [-0.15, -0.1) is 11.8 Å². The van der Waals surface area contributed by atoms with Crippen LogP contribution in [-0.2, 0) is 25.3 Å². The molecule has 37 heavy (non-hydrogen) atoms. The van der Waals surface area contributed by atoms with E-state index in [1.165, 1.54) is 23.2 Å². The maximum Gasteiger partial charge on any atom is 0.305 e. The number of carbonyl (C=O) groups excluding carboxylic acids is 1. The van der Waals surface area contributed by atoms with Crippen LogP contribution in [0.5, 0.6) is 5.75 Å². The molecule has 0 unspecified atom stereocenters. The van der Waals surface area contributed by atoms with Crippen molar-refractivity contribution < 1.29 is 22.7 Å². The molecule has 0 spiro atoms. The van der Waals surface area contributed by atoms with Crippen LogP contribution in [0.3, 0.4) is 0 Å². The van der Waals surface area contributed by atoms with Gasteiger partial charge in [0.1, 0.15) is 5.75 Å². The number of benzene rings is 3. The van der Waals surface area contributed by atoms with Gasteiger partial charge in [0.15, 0.2) is 0 Å². The zero-order valence-electron chi connectivity index (χ0n) is 21.8. The van der Waals surface area contributed by atoms with Crippen LogP contribution in [0.2, 0.25) is 0 Å². The molecule has 0 atom stereocenters. The minimum Gasteiger partial charge on any atom is -0.497 e. The lowest BCUT2D eigenvalue weighted by atomic mass is 10.0. The van der Waals surface area contributed by atoms with Gasteiger partial charge >= 0.3 is 5.97 Å². The highest BCUT2D eigenvalue weighted by molar-refractivity contribution is 7.99. The van der Waals surface area contributed by atoms with Crippen molar-refractivity contribution in [3.8, 4) is 16.9 Å². The summed E-state index contributed by atoms with van der Waals surface area (Å²) in [5.41, 5.74) is 3.38. The lowest BCUT2D eigenvalue weighted by Gasteiger charge is -2.25. The SMILES string of the molecule is COC(=O)CCCN(CC(C)C)S(=O)(=O)c1ccc(OC)cc1SCc1ccc(-c2ccccc2)cc1. The molecule has 0 aliphatic rings. The van der Waals surface area contributed by atoms with Gasteiger partial charge < -0.3 is 9.47 Å². The van der Waals surface area contributed by atoms with Crippen LogP contribution in [0.15, 0.2) is 82.6 Å². The van der Waals surface area contributed by atoms with Crippen LogP contribution in [0.25, 0.3) is 11.1 Å². The molecule has 0 amide bonds. The molecular weight excluding hydrogens is 506 g/mol. The van der Waals surface area contributed by atoms with E-state index in [2.05, 4.69) is 36.4 Å². The first kappa shape index (κ1) is 28.8. The maximum absolute atomic E-state index is 13.8. The Balaban J connectivity index is 1.83. The number of sulfonamides is 1. The Morgan fingerprint density at radius 2 is 1.62 bits per heavy atom. The van der Waals surface area contributed by atoms with E-state index in [1.807, 2.05) is 32.0 Å². The highest BCUT2D eigenvalue weighted by Gasteiger charge is 2.28. The number of nitrogens with zero attached hydrogens (tertiary/aromatic N) is 1. The molecule has 0 radical (unpaired) electrons. The van der Waals surface area contributed by atoms with Crippen LogP contribution < -0.4 is 4.74 Å². The van der Waals surface area contributed by atoms with E-state index in [0.717, 1.165) is 16.7 Å². The number of hydrogen-bond acceptors (Lipinski definition) is 6. The Bertz CT molecular complexity index is 1260. The number of esters is 1. The van der Waals surface area contributed by atoms with E-state index in [4.69, 9.17) is 9.47 Å². The second-order valence-corrected chi connectivity index (χ2v) is 12.0. The first-order valence-corrected chi connectivity index (χ1v) is 14.7. The predicted molar refractivity (Wildman–Crippen MR) is 149 cm³/mol. The van der Waals surface area contributed by atoms with E-state index in [0.29, 0.717) is 29.4 Å². The first-order chi connectivity index (χ1) is 17.7. The van der Waals surface area contributed by atoms with Crippen molar-refractivity contribution >= 4 is 27.8 Å². The number of ether oxygens (including phenoxy) is 2. The third-order valence-electron chi connectivity index (χ3n) is 5.81. The summed E-state index contributed by atoms with van der Waals surface area (Å²) < 4.78 is 39.2. The van der Waals surface area contributed by atoms with Crippen LogP contribution in [0.4, 0.5) is 0 Å². The van der Waals surface area contributed by atoms with Crippen molar-refractivity contribution in [2.45, 2.75) is 42.2 Å². The molecule has 0 saturated carbocycles. The zero-order valence-corrected chi connectivity index (χ0v) is 23.5. The van der Waals surface area contributed by atoms with Gasteiger partial charge in [-0.2, -0.15) is 4.31 Å². The quantitative estimate of drug-likeness (QED) is 0.188. The summed E-state index contributed by atoms with van der Waals surface area (Å²) in [6.45, 7) is 4.56. The number of hydrogen-bond donors (Lipinski definition) is 0. The molecule has 0 fully saturated rings. The van der Waals surface area contributed by atoms with Gasteiger partial charge in [-0.1, -0.05) is 68.4 Å². The summed E-state index contributed by atoms with van der Waals surface area (Å²) in [4.78, 5) is 12.5. The Labute approximate surface area is 225 Å². The summed E-state index contributed by atoms with van der Waals surface area (Å²) in [6.07, 6.45) is 0.564. The predicted octanol–water partition coefficient (Wildman–Crippen LogP) is 6.25. The number of rotatable bonds is 13. The van der Waals surface area contributed by atoms with Crippen molar-refractivity contribution in [2.75, 3.05) is 27.3 Å². The summed E-state index contributed by atoms with van der Waals surface area (Å²) in [7, 11) is -0.897. The molecule has 0 saturated heterocycles. The third kappa shape index (κ3) is 8.09. The molecule has 3 rings (SSSR count). The minimum atomic E-state index is -3.80. The van der Waals surface area contributed by atoms with Crippen molar-refractivity contribution in [1.29, 1.82) is 0 Å². The highest BCUT2D eigenvalue weighted by atomic mass is 32.2. The van der Waals surface area contributed by atoms with Crippen LogP contribution >= 0.6 is 11.8 Å². The van der Waals surface area contributed by atoms with Gasteiger partial charge in [0.05, 0.1) is 19.1 Å². The lowest BCUT2D eigenvalue weighted by Crippen LogP contribution is -2.35. The zero-order chi connectivity index (χ0) is 26.8. The number of thioether (sulfide) groups is 1. The molecule has 6 nitrogen and oxygen atoms in total. The lowest BCUT2D eigenvalue weighted by molar-refractivity contribution is -0.140. The smallest absolute Gasteiger partial charge is 0.305 e. The van der Waals surface area contributed by atoms with Crippen molar-refractivity contribution in [2.24, 2.45) is 5.92 Å². The van der Waals surface area contributed by atoms with E-state index in [1.54, 1.807) is 25.3 Å². The Morgan fingerprint density at radius 3 is 2.24 bits per heavy atom. The number of carbonyl (C=O) groups is 1. The molecule has 3 aromatic rings. The van der Waals surface area contributed by atoms with Crippen LogP contribution in [0.1, 0.15) is 32.3 Å². The molecule has 198 valence electrons. The summed E-state index contributed by atoms with van der Waals surface area (Å²) in [5, 5.41) is 0. The van der Waals surface area contributed by atoms with E-state index in [-0.39, 0.29) is 29.7 Å². The Morgan fingerprint density at radius 1 is 0.946 bits per heavy atom. The fourth-order valence-corrected chi connectivity index (χ4v) is 7.00. The summed E-state index contributed by atoms with van der Waals surface area (Å²) in [5.74, 6) is 0.991. The average molecular weight is 542 g/mol. The van der Waals surface area contributed by atoms with Gasteiger partial charge in [0.2, 0.25) is 10.0 Å². The number of methoxy groups -OCH3 is 2. The monoisotopic (exact) mass is 541 g/mol. The Kier molecular flexibility index (Phi) is 10.6. The molecule has 0 aromatic heterocycles. The van der Waals surface area contributed by atoms with Crippen molar-refractivity contribution in [3.63, 3.8) is 0 Å². The molecule has 3 aromatic carbocycles. The largest absolute Gasteiger partial charge is 0.497 e. The fourth-order valence-electron chi connectivity index (χ4n) is 3.88. The minimum absolute atomic E-state index is 0.130. The average Bonchev–Trinajstić information content (AvgIpc) is 2.91. The normalized spacial score (nSPS) is 11.6. The molecule has 0 aliphatic carbocycles. The molecule has 0 aliphatic heterocycles. The van der Waals surface area contributed by atoms with Gasteiger partial charge in [-0.3, -0.25) is 4.79 Å². The second kappa shape index (κ2) is 13.7. The van der Waals surface area contributed by atoms with Gasteiger partial charge in [0, 0.05) is 30.2 Å². The van der Waals surface area contributed by atoms with E-state index >= 15 is 0 Å². The summed E-state index contributed by atoms with van der Waals surface area (Å²) >= 11 is 1.47. The van der Waals surface area contributed by atoms with Gasteiger partial charge in [-0.05, 0) is 47.2 Å². The second-order valence-electron chi connectivity index (χ2n) is 9.10. The van der Waals surface area contributed by atoms with Crippen molar-refractivity contribution in [3.05, 3.63) is 78.4 Å². The molecule has 0 bridgehead atoms. The summed E-state index contributed by atoms with van der Waals surface area (Å²) in [6, 6.07) is 23.5. The van der Waals surface area contributed by atoms with Crippen molar-refractivity contribution in [1.82, 2.24) is 4.31 Å². The standard InChI is InChI=1S/C29H35NO5S2/c1-22(2)20-30(18-8-11-29(31)35-4)37(32,33)28-17-16-26(34-3)19-27(28)36-21-23-12-14-25(15-13-23)24-9-6-5-7-10-24/h5-7,9-10,12-17,19,22H,8,11,18,20-21H2,1-4H3. The first-order valence-electron chi connectivity index (χ1n) is 12.3. The molecule has 0 N–H and O–H groups in total. The van der Waals surface area contributed by atoms with Gasteiger partial charge in [-0.25, -0.2) is 8.42 Å².